The van der Waals surface area contributed by atoms with Gasteiger partial charge in [-0.3, -0.25) is 28.8 Å². The molecule has 6 saturated heterocycles. The van der Waals surface area contributed by atoms with Gasteiger partial charge in [-0.25, -0.2) is 51.9 Å². The van der Waals surface area contributed by atoms with E-state index in [1.54, 1.807) is 34.1 Å². The molecule has 18 heterocycles. The Kier molecular flexibility index (Phi) is 30.9. The standard InChI is InChI=1S/C20H20FN3O.C20H21N3O.C19H17F2N3O.2C19H18FN3O.C19H19N3O/c21-17-6-4-5-16(13-17)18-14-24-10-7-15(11-19(24)22-18)12-20(25)23-8-2-1-3-9-23;24-20(22-10-5-2-6-11-22)14-16-9-12-23-15-18(21-19(23)13-16)17-7-3-1-4-8-17;20-15-3-1-2-14(10-15)17-12-23-6-4-13(8-18(23)22-17)9-19(25)24-7-5-16(21)11-24;20-16-5-3-4-15(12-16)17-13-23-9-6-14(10-18(23)21-17)11-19(24)22-7-1-2-8-22;20-16-7-9-23(12-16)19(24)11-14-6-8-22-13-17(21-18(22)10-14)15-4-2-1-3-5-15;23-19(21-9-4-5-10-21)13-15-8-11-22-14-17(20-18(22)12-15)16-6-2-1-3-7-16/h4-7,10-11,13-14H,1-3,8-9,12H2;1,3-4,7-9,12-13,15H,2,5-6,10-11,14H2;1-4,6,8,10,12,16H,5,7,9,11H2;3-6,9-10,12-13H,1-2,7-8,11H2;1-6,8,10,13,16H,7,9,11-12H2;1-3,6-8,11-12,14H,4-5,9-10,13H2/t;;16-;;16-;/m..0.0./s1. The first-order valence-electron chi connectivity index (χ1n) is 50.0. The molecule has 29 heteroatoms. The molecule has 0 saturated carbocycles. The minimum absolute atomic E-state index is 0.0191. The number of imidazole rings is 6. The van der Waals surface area contributed by atoms with Gasteiger partial charge in [-0.15, -0.1) is 0 Å². The fourth-order valence-corrected chi connectivity index (χ4v) is 19.2. The summed E-state index contributed by atoms with van der Waals surface area (Å²) in [6, 6.07) is 72.7. The van der Waals surface area contributed by atoms with Gasteiger partial charge >= 0.3 is 0 Å². The Hall–Kier alpha value is -16.1. The van der Waals surface area contributed by atoms with E-state index in [0.717, 1.165) is 222 Å². The van der Waals surface area contributed by atoms with Crippen molar-refractivity contribution in [2.24, 2.45) is 0 Å². The van der Waals surface area contributed by atoms with Crippen LogP contribution in [0.15, 0.2) is 311 Å². The van der Waals surface area contributed by atoms with Crippen LogP contribution >= 0.6 is 0 Å². The van der Waals surface area contributed by atoms with Crippen LogP contribution in [-0.2, 0) is 67.3 Å². The number of halogens is 5. The number of hydrogen-bond acceptors (Lipinski definition) is 12. The number of aromatic nitrogens is 12. The number of pyridine rings is 6. The molecule has 2 atom stereocenters. The first kappa shape index (κ1) is 97.7. The highest BCUT2D eigenvalue weighted by atomic mass is 19.1. The minimum atomic E-state index is -0.910. The molecule has 18 aromatic rings. The maximum absolute atomic E-state index is 13.4. The summed E-state index contributed by atoms with van der Waals surface area (Å²) in [5.74, 6) is -0.137. The lowest BCUT2D eigenvalue weighted by molar-refractivity contribution is -0.132. The Balaban J connectivity index is 0.000000110. The largest absolute Gasteiger partial charge is 0.342 e. The normalized spacial score (nSPS) is 15.6. The highest BCUT2D eigenvalue weighted by Gasteiger charge is 2.30. The summed E-state index contributed by atoms with van der Waals surface area (Å²) >= 11 is 0. The fraction of sp³-hybridized carbons (Fsp3) is 0.276. The number of hydrogen-bond donors (Lipinski definition) is 0. The van der Waals surface area contributed by atoms with Crippen LogP contribution in [0.25, 0.3) is 101 Å². The minimum Gasteiger partial charge on any atom is -0.342 e. The summed E-state index contributed by atoms with van der Waals surface area (Å²) in [7, 11) is 0. The summed E-state index contributed by atoms with van der Waals surface area (Å²) in [4.78, 5) is 113. The molecule has 738 valence electrons. The average Bonchev–Trinajstić information content (AvgIpc) is 1.68. The van der Waals surface area contributed by atoms with E-state index in [1.807, 2.05) is 272 Å². The molecule has 12 aromatic heterocycles. The predicted octanol–water partition coefficient (Wildman–Crippen LogP) is 20.1. The third kappa shape index (κ3) is 25.2. The molecule has 6 amide bonds. The number of carbonyl (C=O) groups is 6. The third-order valence-electron chi connectivity index (χ3n) is 27.2. The Bertz CT molecular complexity index is 7340. The highest BCUT2D eigenvalue weighted by molar-refractivity contribution is 5.84. The van der Waals surface area contributed by atoms with Crippen molar-refractivity contribution in [3.8, 4) is 67.5 Å². The zero-order valence-electron chi connectivity index (χ0n) is 80.7. The van der Waals surface area contributed by atoms with E-state index in [9.17, 15) is 50.7 Å². The first-order chi connectivity index (χ1) is 70.7. The average molecular weight is 1950 g/mol. The molecule has 0 N–H and O–H groups in total. The molecule has 145 heavy (non-hydrogen) atoms. The van der Waals surface area contributed by atoms with E-state index in [0.29, 0.717) is 68.5 Å². The number of amides is 6. The van der Waals surface area contributed by atoms with Gasteiger partial charge in [0, 0.05) is 173 Å². The van der Waals surface area contributed by atoms with Crippen molar-refractivity contribution in [3.63, 3.8) is 0 Å². The molecular weight excluding hydrogens is 1840 g/mol. The van der Waals surface area contributed by atoms with Gasteiger partial charge in [0.05, 0.1) is 85.8 Å². The van der Waals surface area contributed by atoms with E-state index in [4.69, 9.17) is 4.98 Å². The van der Waals surface area contributed by atoms with Crippen molar-refractivity contribution in [3.05, 3.63) is 362 Å². The van der Waals surface area contributed by atoms with Gasteiger partial charge in [-0.1, -0.05) is 127 Å². The third-order valence-corrected chi connectivity index (χ3v) is 27.2. The topological polar surface area (TPSA) is 226 Å². The van der Waals surface area contributed by atoms with Gasteiger partial charge in [0.2, 0.25) is 35.4 Å². The molecule has 6 aliphatic heterocycles. The highest BCUT2D eigenvalue weighted by Crippen LogP contribution is 2.30. The lowest BCUT2D eigenvalue weighted by Gasteiger charge is -2.26. The zero-order valence-corrected chi connectivity index (χ0v) is 80.7. The van der Waals surface area contributed by atoms with E-state index in [1.165, 1.54) is 49.2 Å². The van der Waals surface area contributed by atoms with Crippen molar-refractivity contribution >= 4 is 69.3 Å². The molecular formula is C116H113F5N18O6. The maximum atomic E-state index is 13.4. The Labute approximate surface area is 836 Å². The summed E-state index contributed by atoms with van der Waals surface area (Å²) in [6.45, 7) is 8.51. The fourth-order valence-electron chi connectivity index (χ4n) is 19.2. The maximum Gasteiger partial charge on any atom is 0.227 e. The predicted molar refractivity (Wildman–Crippen MR) is 551 cm³/mol. The van der Waals surface area contributed by atoms with Gasteiger partial charge in [0.15, 0.2) is 0 Å². The van der Waals surface area contributed by atoms with Crippen LogP contribution in [-0.4, -0.2) is 212 Å². The number of alkyl halides is 2. The van der Waals surface area contributed by atoms with Crippen LogP contribution in [0.4, 0.5) is 22.0 Å². The quantitative estimate of drug-likeness (QED) is 0.0731. The Morgan fingerprint density at radius 2 is 0.428 bits per heavy atom. The molecule has 0 unspecified atom stereocenters. The summed E-state index contributed by atoms with van der Waals surface area (Å²) in [5.41, 5.74) is 20.9. The van der Waals surface area contributed by atoms with Crippen LogP contribution in [0.2, 0.25) is 0 Å². The van der Waals surface area contributed by atoms with Gasteiger partial charge in [0.25, 0.3) is 0 Å². The number of benzene rings is 6. The van der Waals surface area contributed by atoms with Crippen LogP contribution in [0.1, 0.15) is 110 Å². The number of likely N-dealkylation sites (tertiary alicyclic amines) is 6. The number of fused-ring (bicyclic) bond motifs is 6. The second-order valence-corrected chi connectivity index (χ2v) is 37.8. The first-order valence-corrected chi connectivity index (χ1v) is 50.0. The number of carbonyl (C=O) groups excluding carboxylic acids is 6. The molecule has 6 fully saturated rings. The van der Waals surface area contributed by atoms with Crippen LogP contribution in [0, 0.1) is 17.5 Å². The second kappa shape index (κ2) is 45.9. The van der Waals surface area contributed by atoms with Crippen molar-refractivity contribution in [1.82, 2.24) is 85.7 Å². The van der Waals surface area contributed by atoms with Crippen molar-refractivity contribution in [2.75, 3.05) is 78.5 Å². The van der Waals surface area contributed by atoms with Gasteiger partial charge in [0.1, 0.15) is 63.7 Å². The monoisotopic (exact) mass is 1950 g/mol. The summed E-state index contributed by atoms with van der Waals surface area (Å²) in [5, 5.41) is 0. The van der Waals surface area contributed by atoms with E-state index < -0.39 is 12.3 Å². The number of nitrogens with zero attached hydrogens (tertiary/aromatic N) is 18. The van der Waals surface area contributed by atoms with E-state index in [2.05, 4.69) is 49.2 Å². The smallest absolute Gasteiger partial charge is 0.227 e. The molecule has 24 rings (SSSR count). The van der Waals surface area contributed by atoms with Crippen LogP contribution in [0.3, 0.4) is 0 Å². The van der Waals surface area contributed by atoms with Crippen LogP contribution < -0.4 is 0 Å². The lowest BCUT2D eigenvalue weighted by Crippen LogP contribution is -2.36. The van der Waals surface area contributed by atoms with E-state index >= 15 is 0 Å². The molecule has 6 aliphatic rings. The summed E-state index contributed by atoms with van der Waals surface area (Å²) in [6.07, 6.45) is 35.8. The van der Waals surface area contributed by atoms with Crippen LogP contribution in [0.5, 0.6) is 0 Å². The lowest BCUT2D eigenvalue weighted by atomic mass is 10.1. The Morgan fingerprint density at radius 1 is 0.228 bits per heavy atom. The van der Waals surface area contributed by atoms with Crippen molar-refractivity contribution in [2.45, 2.75) is 128 Å². The number of piperidine rings is 2. The zero-order chi connectivity index (χ0) is 99.7. The van der Waals surface area contributed by atoms with Gasteiger partial charge < -0.3 is 55.8 Å². The molecule has 0 bridgehead atoms. The molecule has 0 spiro atoms. The number of rotatable bonds is 18. The van der Waals surface area contributed by atoms with E-state index in [-0.39, 0.29) is 78.8 Å². The van der Waals surface area contributed by atoms with Crippen molar-refractivity contribution in [1.29, 1.82) is 0 Å². The Morgan fingerprint density at radius 3 is 0.634 bits per heavy atom. The SMILES string of the molecule is O=C(Cc1ccn2cc(-c3cccc(F)c3)nc2c1)N1CCCC1.O=C(Cc1ccn2cc(-c3cccc(F)c3)nc2c1)N1CCCCC1.O=C(Cc1ccn2cc(-c3cccc(F)c3)nc2c1)N1CC[C@H](F)C1.O=C(Cc1ccn2cc(-c3ccccc3)nc2c1)N1CCCC1.O=C(Cc1ccn2cc(-c3ccccc3)nc2c1)N1CCCCC1.O=C(Cc1ccn2cc(-c3ccccc3)nc2c1)N1CC[C@H](F)C1. The molecule has 24 nitrogen and oxygen atoms in total. The van der Waals surface area contributed by atoms with Gasteiger partial charge in [-0.2, -0.15) is 0 Å². The molecule has 6 aromatic carbocycles. The van der Waals surface area contributed by atoms with Gasteiger partial charge in [-0.05, 0) is 220 Å². The summed E-state index contributed by atoms with van der Waals surface area (Å²) < 4.78 is 78.3. The molecule has 0 radical (unpaired) electrons. The van der Waals surface area contributed by atoms with Crippen molar-refractivity contribution < 1.29 is 50.7 Å². The molecule has 0 aliphatic carbocycles. The second-order valence-electron chi connectivity index (χ2n) is 37.8.